The van der Waals surface area contributed by atoms with Gasteiger partial charge in [0.1, 0.15) is 0 Å². The van der Waals surface area contributed by atoms with Crippen molar-refractivity contribution in [1.82, 2.24) is 0 Å². The molecular formula is C40H42F6. The number of aryl methyl sites for hydroxylation is 8. The molecule has 1 unspecified atom stereocenters. The number of hydrogen-bond acceptors (Lipinski definition) is 0. The highest BCUT2D eigenvalue weighted by molar-refractivity contribution is 5.55. The van der Waals surface area contributed by atoms with E-state index in [1.165, 1.54) is 6.07 Å². The van der Waals surface area contributed by atoms with Crippen LogP contribution in [-0.2, 0) is 10.8 Å². The first kappa shape index (κ1) is 33.8. The van der Waals surface area contributed by atoms with Crippen molar-refractivity contribution in [2.24, 2.45) is 0 Å². The van der Waals surface area contributed by atoms with Crippen molar-refractivity contribution in [2.45, 2.75) is 104 Å². The lowest BCUT2D eigenvalue weighted by Crippen LogP contribution is -2.55. The van der Waals surface area contributed by atoms with E-state index in [1.807, 2.05) is 27.7 Å². The molecule has 5 rings (SSSR count). The molecule has 1 aliphatic carbocycles. The SMILES string of the molecule is Cc1ccc(C2(c3ccc(C)c(C)c3)CCC(c3cc(C)c(C)cc3C(c3ccc(C)c(C)c3)(C(F)(F)F)C(F)(F)F)C2)cc1C. The fraction of sp³-hybridized carbons (Fsp3) is 0.400. The number of benzene rings is 4. The summed E-state index contributed by atoms with van der Waals surface area (Å²) in [6.07, 6.45) is -9.85. The Hall–Kier alpha value is -3.54. The van der Waals surface area contributed by atoms with Crippen molar-refractivity contribution in [3.63, 3.8) is 0 Å². The first-order valence-electron chi connectivity index (χ1n) is 15.8. The van der Waals surface area contributed by atoms with E-state index in [9.17, 15) is 0 Å². The topological polar surface area (TPSA) is 0 Å². The van der Waals surface area contributed by atoms with Crippen LogP contribution in [0.2, 0.25) is 0 Å². The van der Waals surface area contributed by atoms with Crippen LogP contribution in [0, 0.1) is 55.4 Å². The van der Waals surface area contributed by atoms with Crippen molar-refractivity contribution in [1.29, 1.82) is 0 Å². The van der Waals surface area contributed by atoms with Crippen molar-refractivity contribution >= 4 is 0 Å². The van der Waals surface area contributed by atoms with E-state index >= 15 is 26.3 Å². The number of alkyl halides is 6. The summed E-state index contributed by atoms with van der Waals surface area (Å²) in [5.41, 5.74) is 2.45. The van der Waals surface area contributed by atoms with Crippen molar-refractivity contribution in [2.75, 3.05) is 0 Å². The van der Waals surface area contributed by atoms with Crippen molar-refractivity contribution < 1.29 is 26.3 Å². The maximum Gasteiger partial charge on any atom is 0.411 e. The lowest BCUT2D eigenvalue weighted by Gasteiger charge is -2.41. The van der Waals surface area contributed by atoms with Gasteiger partial charge in [-0.1, -0.05) is 66.7 Å². The van der Waals surface area contributed by atoms with Gasteiger partial charge >= 0.3 is 12.4 Å². The van der Waals surface area contributed by atoms with E-state index in [1.54, 1.807) is 33.8 Å². The second-order valence-corrected chi connectivity index (χ2v) is 13.7. The van der Waals surface area contributed by atoms with Crippen molar-refractivity contribution in [3.05, 3.63) is 139 Å². The van der Waals surface area contributed by atoms with Crippen LogP contribution in [0.4, 0.5) is 26.3 Å². The molecule has 0 aliphatic heterocycles. The normalized spacial score (nSPS) is 17.0. The minimum Gasteiger partial charge on any atom is -0.169 e. The van der Waals surface area contributed by atoms with Crippen LogP contribution in [-0.4, -0.2) is 12.4 Å². The van der Waals surface area contributed by atoms with Crippen LogP contribution < -0.4 is 0 Å². The minimum atomic E-state index is -5.65. The van der Waals surface area contributed by atoms with Gasteiger partial charge in [-0.25, -0.2) is 0 Å². The summed E-state index contributed by atoms with van der Waals surface area (Å²) in [5.74, 6) is -0.534. The molecule has 4 aromatic rings. The predicted molar refractivity (Wildman–Crippen MR) is 174 cm³/mol. The van der Waals surface area contributed by atoms with E-state index in [0.717, 1.165) is 51.6 Å². The molecule has 1 fully saturated rings. The summed E-state index contributed by atoms with van der Waals surface area (Å²) in [6, 6.07) is 18.7. The Morgan fingerprint density at radius 2 is 0.957 bits per heavy atom. The van der Waals surface area contributed by atoms with E-state index in [0.29, 0.717) is 41.5 Å². The summed E-state index contributed by atoms with van der Waals surface area (Å²) < 4.78 is 93.0. The quantitative estimate of drug-likeness (QED) is 0.191. The number of hydrogen-bond donors (Lipinski definition) is 0. The summed E-state index contributed by atoms with van der Waals surface area (Å²) >= 11 is 0. The number of rotatable bonds is 5. The van der Waals surface area contributed by atoms with Gasteiger partial charge in [-0.3, -0.25) is 0 Å². The third-order valence-electron chi connectivity index (χ3n) is 10.9. The van der Waals surface area contributed by atoms with Crippen LogP contribution >= 0.6 is 0 Å². The van der Waals surface area contributed by atoms with Crippen LogP contribution in [0.15, 0.2) is 66.7 Å². The molecule has 6 heteroatoms. The molecular weight excluding hydrogens is 594 g/mol. The number of halogens is 6. The van der Waals surface area contributed by atoms with Gasteiger partial charge < -0.3 is 0 Å². The second kappa shape index (κ2) is 11.6. The third kappa shape index (κ3) is 5.36. The molecule has 0 aromatic heterocycles. The Labute approximate surface area is 268 Å². The molecule has 0 N–H and O–H groups in total. The van der Waals surface area contributed by atoms with Gasteiger partial charge in [0.25, 0.3) is 0 Å². The molecule has 0 spiro atoms. The smallest absolute Gasteiger partial charge is 0.169 e. The van der Waals surface area contributed by atoms with Gasteiger partial charge in [0.15, 0.2) is 0 Å². The summed E-state index contributed by atoms with van der Waals surface area (Å²) in [5, 5.41) is 0. The molecule has 0 nitrogen and oxygen atoms in total. The highest BCUT2D eigenvalue weighted by Crippen LogP contribution is 2.60. The highest BCUT2D eigenvalue weighted by Gasteiger charge is 2.73. The standard InChI is InChI=1S/C40H42F6/c1-23-9-12-32(17-26(23)4)37(33-13-10-24(2)27(5)18-33)16-15-31(22-37)35-20-29(7)30(8)21-36(35)38(39(41,42)43,40(44,45)46)34-14-11-25(3)28(6)19-34/h9-14,17-21,31H,15-16,22H2,1-8H3. The Balaban J connectivity index is 1.80. The minimum absolute atomic E-state index is 0.130. The molecule has 0 bridgehead atoms. The van der Waals surface area contributed by atoms with E-state index < -0.39 is 40.2 Å². The Kier molecular flexibility index (Phi) is 8.53. The summed E-state index contributed by atoms with van der Waals surface area (Å²) in [7, 11) is 0. The first-order valence-corrected chi connectivity index (χ1v) is 15.8. The summed E-state index contributed by atoms with van der Waals surface area (Å²) in [4.78, 5) is 0. The van der Waals surface area contributed by atoms with Crippen LogP contribution in [0.5, 0.6) is 0 Å². The van der Waals surface area contributed by atoms with Crippen LogP contribution in [0.3, 0.4) is 0 Å². The Morgan fingerprint density at radius 3 is 1.41 bits per heavy atom. The Bertz CT molecular complexity index is 1720. The van der Waals surface area contributed by atoms with Gasteiger partial charge in [0.05, 0.1) is 0 Å². The molecule has 0 saturated heterocycles. The second-order valence-electron chi connectivity index (χ2n) is 13.7. The molecule has 0 amide bonds. The zero-order valence-corrected chi connectivity index (χ0v) is 27.8. The van der Waals surface area contributed by atoms with Gasteiger partial charge in [0, 0.05) is 5.41 Å². The third-order valence-corrected chi connectivity index (χ3v) is 10.9. The summed E-state index contributed by atoms with van der Waals surface area (Å²) in [6.45, 7) is 14.7. The lowest BCUT2D eigenvalue weighted by atomic mass is 9.67. The van der Waals surface area contributed by atoms with Crippen molar-refractivity contribution in [3.8, 4) is 0 Å². The average Bonchev–Trinajstić information content (AvgIpc) is 3.40. The molecule has 0 radical (unpaired) electrons. The maximum absolute atomic E-state index is 15.5. The van der Waals surface area contributed by atoms with Gasteiger partial charge in [0.2, 0.25) is 5.41 Å². The average molecular weight is 637 g/mol. The molecule has 1 atom stereocenters. The predicted octanol–water partition coefficient (Wildman–Crippen LogP) is 11.8. The molecule has 46 heavy (non-hydrogen) atoms. The zero-order valence-electron chi connectivity index (χ0n) is 27.8. The fourth-order valence-electron chi connectivity index (χ4n) is 7.50. The molecule has 1 saturated carbocycles. The largest absolute Gasteiger partial charge is 0.411 e. The highest BCUT2D eigenvalue weighted by atomic mass is 19.4. The molecule has 244 valence electrons. The van der Waals surface area contributed by atoms with E-state index in [4.69, 9.17) is 0 Å². The van der Waals surface area contributed by atoms with Crippen LogP contribution in [0.25, 0.3) is 0 Å². The molecule has 4 aromatic carbocycles. The lowest BCUT2D eigenvalue weighted by molar-refractivity contribution is -0.288. The fourth-order valence-corrected chi connectivity index (χ4v) is 7.50. The van der Waals surface area contributed by atoms with E-state index in [-0.39, 0.29) is 5.56 Å². The maximum atomic E-state index is 15.5. The first-order chi connectivity index (χ1) is 21.3. The Morgan fingerprint density at radius 1 is 0.522 bits per heavy atom. The van der Waals surface area contributed by atoms with Crippen LogP contribution in [0.1, 0.15) is 97.5 Å². The van der Waals surface area contributed by atoms with E-state index in [2.05, 4.69) is 36.4 Å². The van der Waals surface area contributed by atoms with Gasteiger partial charge in [-0.15, -0.1) is 0 Å². The molecule has 0 heterocycles. The monoisotopic (exact) mass is 636 g/mol. The zero-order chi connectivity index (χ0) is 34.0. The van der Waals surface area contributed by atoms with Gasteiger partial charge in [-0.05, 0) is 153 Å². The molecule has 1 aliphatic rings. The van der Waals surface area contributed by atoms with Gasteiger partial charge in [-0.2, -0.15) is 26.3 Å².